The molecule has 0 saturated heterocycles. The van der Waals surface area contributed by atoms with E-state index in [2.05, 4.69) is 0 Å². The third-order valence-electron chi connectivity index (χ3n) is 3.73. The molecule has 0 bridgehead atoms. The number of ether oxygens (including phenoxy) is 3. The van der Waals surface area contributed by atoms with Crippen LogP contribution in [0.2, 0.25) is 0 Å². The van der Waals surface area contributed by atoms with Crippen LogP contribution in [0.4, 0.5) is 0 Å². The summed E-state index contributed by atoms with van der Waals surface area (Å²) >= 11 is 0. The fourth-order valence-corrected chi connectivity index (χ4v) is 2.36. The molecule has 0 radical (unpaired) electrons. The van der Waals surface area contributed by atoms with Crippen LogP contribution in [0.15, 0.2) is 12.1 Å². The average Bonchev–Trinajstić information content (AvgIpc) is 2.34. The molecule has 4 nitrogen and oxygen atoms in total. The van der Waals surface area contributed by atoms with E-state index in [9.17, 15) is 0 Å². The van der Waals surface area contributed by atoms with Crippen molar-refractivity contribution in [3.63, 3.8) is 0 Å². The molecule has 1 aromatic carbocycles. The van der Waals surface area contributed by atoms with Crippen molar-refractivity contribution in [2.24, 2.45) is 11.7 Å². The zero-order valence-electron chi connectivity index (χ0n) is 11.2. The number of hydrogen-bond acceptors (Lipinski definition) is 4. The van der Waals surface area contributed by atoms with Crippen LogP contribution in [0.3, 0.4) is 0 Å². The van der Waals surface area contributed by atoms with Crippen LogP contribution in [0.5, 0.6) is 17.2 Å². The van der Waals surface area contributed by atoms with E-state index in [0.717, 1.165) is 5.56 Å². The summed E-state index contributed by atoms with van der Waals surface area (Å²) in [7, 11) is 4.85. The molecule has 0 heterocycles. The first-order valence-electron chi connectivity index (χ1n) is 6.26. The minimum Gasteiger partial charge on any atom is -0.493 e. The van der Waals surface area contributed by atoms with Gasteiger partial charge in [0.2, 0.25) is 5.75 Å². The predicted octanol–water partition coefficient (Wildman–Crippen LogP) is 2.51. The molecule has 4 heteroatoms. The Labute approximate surface area is 108 Å². The van der Waals surface area contributed by atoms with Crippen LogP contribution < -0.4 is 19.9 Å². The zero-order chi connectivity index (χ0) is 13.1. The lowest BCUT2D eigenvalue weighted by Gasteiger charge is -2.32. The standard InChI is InChI=1S/C14H21NO3/c1-16-11-7-10(13(15)9-5-4-6-9)8-12(17-2)14(11)18-3/h7-9,13H,4-6,15H2,1-3H3. The van der Waals surface area contributed by atoms with Crippen molar-refractivity contribution in [1.82, 2.24) is 0 Å². The molecule has 1 fully saturated rings. The van der Waals surface area contributed by atoms with Gasteiger partial charge < -0.3 is 19.9 Å². The number of nitrogens with two attached hydrogens (primary N) is 1. The van der Waals surface area contributed by atoms with Crippen molar-refractivity contribution in [2.45, 2.75) is 25.3 Å². The van der Waals surface area contributed by atoms with E-state index in [1.165, 1.54) is 19.3 Å². The van der Waals surface area contributed by atoms with E-state index >= 15 is 0 Å². The molecule has 2 N–H and O–H groups in total. The third-order valence-corrected chi connectivity index (χ3v) is 3.73. The first-order valence-corrected chi connectivity index (χ1v) is 6.26. The molecule has 0 aliphatic heterocycles. The molecule has 100 valence electrons. The Bertz CT molecular complexity index is 390. The zero-order valence-corrected chi connectivity index (χ0v) is 11.2. The van der Waals surface area contributed by atoms with Crippen molar-refractivity contribution in [3.8, 4) is 17.2 Å². The molecule has 0 aromatic heterocycles. The van der Waals surface area contributed by atoms with Gasteiger partial charge in [0.05, 0.1) is 21.3 Å². The molecule has 1 aliphatic carbocycles. The number of methoxy groups -OCH3 is 3. The lowest BCUT2D eigenvalue weighted by molar-refractivity contribution is 0.262. The van der Waals surface area contributed by atoms with E-state index < -0.39 is 0 Å². The highest BCUT2D eigenvalue weighted by atomic mass is 16.5. The maximum atomic E-state index is 6.29. The largest absolute Gasteiger partial charge is 0.493 e. The summed E-state index contributed by atoms with van der Waals surface area (Å²) < 4.78 is 16.0. The molecule has 0 spiro atoms. The Kier molecular flexibility index (Phi) is 3.97. The van der Waals surface area contributed by atoms with E-state index in [4.69, 9.17) is 19.9 Å². The smallest absolute Gasteiger partial charge is 0.203 e. The van der Waals surface area contributed by atoms with Crippen LogP contribution in [-0.2, 0) is 0 Å². The predicted molar refractivity (Wildman–Crippen MR) is 70.4 cm³/mol. The van der Waals surface area contributed by atoms with Crippen molar-refractivity contribution >= 4 is 0 Å². The van der Waals surface area contributed by atoms with Crippen molar-refractivity contribution in [1.29, 1.82) is 0 Å². The van der Waals surface area contributed by atoms with E-state index in [-0.39, 0.29) is 6.04 Å². The molecular weight excluding hydrogens is 230 g/mol. The highest BCUT2D eigenvalue weighted by molar-refractivity contribution is 5.54. The van der Waals surface area contributed by atoms with Gasteiger partial charge in [-0.25, -0.2) is 0 Å². The van der Waals surface area contributed by atoms with Crippen LogP contribution in [0.1, 0.15) is 30.9 Å². The molecule has 1 atom stereocenters. The normalized spacial score (nSPS) is 16.9. The van der Waals surface area contributed by atoms with Gasteiger partial charge in [-0.05, 0) is 36.5 Å². The first-order chi connectivity index (χ1) is 8.71. The lowest BCUT2D eigenvalue weighted by Crippen LogP contribution is -2.26. The number of hydrogen-bond donors (Lipinski definition) is 1. The highest BCUT2D eigenvalue weighted by Crippen LogP contribution is 2.43. The van der Waals surface area contributed by atoms with Crippen LogP contribution >= 0.6 is 0 Å². The Morgan fingerprint density at radius 3 is 1.94 bits per heavy atom. The molecule has 18 heavy (non-hydrogen) atoms. The Hall–Kier alpha value is -1.42. The van der Waals surface area contributed by atoms with Gasteiger partial charge in [0.15, 0.2) is 11.5 Å². The van der Waals surface area contributed by atoms with E-state index in [1.54, 1.807) is 21.3 Å². The molecular formula is C14H21NO3. The number of rotatable bonds is 5. The van der Waals surface area contributed by atoms with Gasteiger partial charge in [-0.3, -0.25) is 0 Å². The Balaban J connectivity index is 2.35. The third kappa shape index (κ3) is 2.25. The summed E-state index contributed by atoms with van der Waals surface area (Å²) in [6.07, 6.45) is 3.69. The fourth-order valence-electron chi connectivity index (χ4n) is 2.36. The second kappa shape index (κ2) is 5.48. The molecule has 1 unspecified atom stereocenters. The number of benzene rings is 1. The topological polar surface area (TPSA) is 53.7 Å². The second-order valence-corrected chi connectivity index (χ2v) is 4.68. The quantitative estimate of drug-likeness (QED) is 0.873. The summed E-state index contributed by atoms with van der Waals surface area (Å²) in [4.78, 5) is 0. The summed E-state index contributed by atoms with van der Waals surface area (Å²) in [5, 5.41) is 0. The maximum Gasteiger partial charge on any atom is 0.203 e. The first kappa shape index (κ1) is 13.0. The highest BCUT2D eigenvalue weighted by Gasteiger charge is 2.27. The van der Waals surface area contributed by atoms with Gasteiger partial charge >= 0.3 is 0 Å². The summed E-state index contributed by atoms with van der Waals surface area (Å²) in [5.74, 6) is 2.53. The monoisotopic (exact) mass is 251 g/mol. The van der Waals surface area contributed by atoms with E-state index in [0.29, 0.717) is 23.2 Å². The fraction of sp³-hybridized carbons (Fsp3) is 0.571. The van der Waals surface area contributed by atoms with E-state index in [1.807, 2.05) is 12.1 Å². The Morgan fingerprint density at radius 2 is 1.61 bits per heavy atom. The molecule has 2 rings (SSSR count). The van der Waals surface area contributed by atoms with Crippen LogP contribution in [0.25, 0.3) is 0 Å². The lowest BCUT2D eigenvalue weighted by atomic mass is 9.77. The average molecular weight is 251 g/mol. The van der Waals surface area contributed by atoms with Gasteiger partial charge in [0.1, 0.15) is 0 Å². The van der Waals surface area contributed by atoms with Gasteiger partial charge in [-0.2, -0.15) is 0 Å². The molecule has 1 saturated carbocycles. The van der Waals surface area contributed by atoms with Gasteiger partial charge in [-0.15, -0.1) is 0 Å². The van der Waals surface area contributed by atoms with Crippen LogP contribution in [0, 0.1) is 5.92 Å². The van der Waals surface area contributed by atoms with Gasteiger partial charge in [0, 0.05) is 6.04 Å². The molecule has 1 aliphatic rings. The minimum absolute atomic E-state index is 0.0486. The van der Waals surface area contributed by atoms with Crippen molar-refractivity contribution < 1.29 is 14.2 Å². The van der Waals surface area contributed by atoms with Gasteiger partial charge in [0.25, 0.3) is 0 Å². The van der Waals surface area contributed by atoms with Crippen LogP contribution in [-0.4, -0.2) is 21.3 Å². The van der Waals surface area contributed by atoms with Crippen molar-refractivity contribution in [2.75, 3.05) is 21.3 Å². The molecule has 1 aromatic rings. The minimum atomic E-state index is 0.0486. The van der Waals surface area contributed by atoms with Crippen molar-refractivity contribution in [3.05, 3.63) is 17.7 Å². The summed E-state index contributed by atoms with van der Waals surface area (Å²) in [6.45, 7) is 0. The molecule has 0 amide bonds. The summed E-state index contributed by atoms with van der Waals surface area (Å²) in [5.41, 5.74) is 7.34. The Morgan fingerprint density at radius 1 is 1.06 bits per heavy atom. The SMILES string of the molecule is COc1cc(C(N)C2CCC2)cc(OC)c1OC. The maximum absolute atomic E-state index is 6.29. The second-order valence-electron chi connectivity index (χ2n) is 4.68. The summed E-state index contributed by atoms with van der Waals surface area (Å²) in [6, 6.07) is 3.95. The van der Waals surface area contributed by atoms with Gasteiger partial charge in [-0.1, -0.05) is 6.42 Å².